The smallest absolute Gasteiger partial charge is 0.339 e. The van der Waals surface area contributed by atoms with Gasteiger partial charge in [0.25, 0.3) is 11.8 Å². The maximum Gasteiger partial charge on any atom is 0.339 e. The SMILES string of the molecule is CCOC(=O)c1ccc(NN2C(=O)C(C)=C(C)C2=O)cc1S(N)(=O)=O. The Kier molecular flexibility index (Phi) is 4.95. The average Bonchev–Trinajstić information content (AvgIpc) is 2.72. The van der Waals surface area contributed by atoms with Crippen molar-refractivity contribution in [2.45, 2.75) is 25.7 Å². The molecule has 10 heteroatoms. The van der Waals surface area contributed by atoms with Crippen LogP contribution >= 0.6 is 0 Å². The Morgan fingerprint density at radius 1 is 1.20 bits per heavy atom. The van der Waals surface area contributed by atoms with Crippen LogP contribution in [0.5, 0.6) is 0 Å². The number of carbonyl (C=O) groups excluding carboxylic acids is 3. The fourth-order valence-corrected chi connectivity index (χ4v) is 2.93. The maximum atomic E-state index is 12.0. The van der Waals surface area contributed by atoms with E-state index in [1.54, 1.807) is 6.92 Å². The van der Waals surface area contributed by atoms with Crippen LogP contribution in [-0.4, -0.2) is 37.8 Å². The highest BCUT2D eigenvalue weighted by molar-refractivity contribution is 7.89. The lowest BCUT2D eigenvalue weighted by molar-refractivity contribution is -0.135. The molecule has 9 nitrogen and oxygen atoms in total. The lowest BCUT2D eigenvalue weighted by atomic mass is 10.2. The molecule has 1 aliphatic rings. The van der Waals surface area contributed by atoms with Crippen LogP contribution in [-0.2, 0) is 24.3 Å². The minimum absolute atomic E-state index is 0.0594. The number of ether oxygens (including phenoxy) is 1. The first-order chi connectivity index (χ1) is 11.6. The number of hydrazine groups is 1. The Morgan fingerprint density at radius 3 is 2.24 bits per heavy atom. The van der Waals surface area contributed by atoms with Gasteiger partial charge in [0.15, 0.2) is 0 Å². The van der Waals surface area contributed by atoms with Crippen molar-refractivity contribution in [1.29, 1.82) is 0 Å². The fourth-order valence-electron chi connectivity index (χ4n) is 2.18. The van der Waals surface area contributed by atoms with Crippen LogP contribution in [0, 0.1) is 0 Å². The molecule has 0 saturated carbocycles. The number of imide groups is 1. The average molecular weight is 367 g/mol. The van der Waals surface area contributed by atoms with Gasteiger partial charge in [-0.25, -0.2) is 18.4 Å². The Bertz CT molecular complexity index is 880. The molecule has 0 bridgehead atoms. The summed E-state index contributed by atoms with van der Waals surface area (Å²) in [7, 11) is -4.24. The van der Waals surface area contributed by atoms with Crippen molar-refractivity contribution in [1.82, 2.24) is 5.01 Å². The van der Waals surface area contributed by atoms with Crippen LogP contribution in [0.25, 0.3) is 0 Å². The van der Waals surface area contributed by atoms with E-state index >= 15 is 0 Å². The third kappa shape index (κ3) is 3.54. The van der Waals surface area contributed by atoms with Crippen molar-refractivity contribution in [2.75, 3.05) is 12.0 Å². The quantitative estimate of drug-likeness (QED) is 0.572. The van der Waals surface area contributed by atoms with E-state index in [1.807, 2.05) is 0 Å². The van der Waals surface area contributed by atoms with Gasteiger partial charge in [-0.2, -0.15) is 5.01 Å². The Balaban J connectivity index is 2.41. The minimum atomic E-state index is -4.24. The van der Waals surface area contributed by atoms with E-state index in [0.29, 0.717) is 0 Å². The number of rotatable bonds is 5. The fraction of sp³-hybridized carbons (Fsp3) is 0.267. The van der Waals surface area contributed by atoms with Gasteiger partial charge < -0.3 is 4.74 Å². The Morgan fingerprint density at radius 2 is 1.76 bits per heavy atom. The number of esters is 1. The van der Waals surface area contributed by atoms with Crippen molar-refractivity contribution in [3.63, 3.8) is 0 Å². The molecule has 2 rings (SSSR count). The molecule has 0 unspecified atom stereocenters. The number of carbonyl (C=O) groups is 3. The van der Waals surface area contributed by atoms with Gasteiger partial charge in [0.1, 0.15) is 0 Å². The summed E-state index contributed by atoms with van der Waals surface area (Å²) in [4.78, 5) is 35.5. The number of hydrogen-bond donors (Lipinski definition) is 2. The molecule has 3 N–H and O–H groups in total. The topological polar surface area (TPSA) is 136 Å². The second-order valence-corrected chi connectivity index (χ2v) is 6.81. The standard InChI is InChI=1S/C15H17N3O6S/c1-4-24-15(21)11-6-5-10(7-12(11)25(16,22)23)17-18-13(19)8(2)9(3)14(18)20/h5-7,17H,4H2,1-3H3,(H2,16,22,23). The number of amides is 2. The highest BCUT2D eigenvalue weighted by Gasteiger charge is 2.34. The number of hydrogen-bond acceptors (Lipinski definition) is 7. The Labute approximate surface area is 144 Å². The van der Waals surface area contributed by atoms with Crippen LogP contribution in [0.15, 0.2) is 34.2 Å². The molecule has 25 heavy (non-hydrogen) atoms. The first-order valence-electron chi connectivity index (χ1n) is 7.24. The van der Waals surface area contributed by atoms with Gasteiger partial charge in [-0.3, -0.25) is 15.0 Å². The van der Waals surface area contributed by atoms with E-state index in [9.17, 15) is 22.8 Å². The van der Waals surface area contributed by atoms with Crippen LogP contribution in [0.1, 0.15) is 31.1 Å². The summed E-state index contributed by atoms with van der Waals surface area (Å²) in [5, 5.41) is 5.91. The van der Waals surface area contributed by atoms with E-state index in [2.05, 4.69) is 5.43 Å². The lowest BCUT2D eigenvalue weighted by Gasteiger charge is -2.18. The third-order valence-electron chi connectivity index (χ3n) is 3.63. The van der Waals surface area contributed by atoms with Gasteiger partial charge >= 0.3 is 5.97 Å². The molecule has 134 valence electrons. The zero-order valence-corrected chi connectivity index (χ0v) is 14.6. The molecule has 1 aromatic rings. The normalized spacial score (nSPS) is 15.0. The molecule has 1 heterocycles. The number of nitrogens with two attached hydrogens (primary N) is 1. The largest absolute Gasteiger partial charge is 0.462 e. The zero-order chi connectivity index (χ0) is 18.9. The number of benzene rings is 1. The van der Waals surface area contributed by atoms with E-state index in [1.165, 1.54) is 26.0 Å². The second-order valence-electron chi connectivity index (χ2n) is 5.28. The predicted octanol–water partition coefficient (Wildman–Crippen LogP) is 0.543. The first kappa shape index (κ1) is 18.6. The summed E-state index contributed by atoms with van der Waals surface area (Å²) in [6, 6.07) is 3.59. The van der Waals surface area contributed by atoms with Gasteiger partial charge in [-0.15, -0.1) is 0 Å². The van der Waals surface area contributed by atoms with Crippen LogP contribution in [0.3, 0.4) is 0 Å². The molecule has 0 spiro atoms. The molecule has 0 radical (unpaired) electrons. The molecule has 1 aromatic carbocycles. The van der Waals surface area contributed by atoms with E-state index in [0.717, 1.165) is 11.1 Å². The van der Waals surface area contributed by atoms with E-state index < -0.39 is 32.7 Å². The molecular weight excluding hydrogens is 350 g/mol. The molecule has 1 aliphatic heterocycles. The van der Waals surface area contributed by atoms with Crippen LogP contribution in [0.2, 0.25) is 0 Å². The monoisotopic (exact) mass is 367 g/mol. The highest BCUT2D eigenvalue weighted by atomic mass is 32.2. The number of anilines is 1. The van der Waals surface area contributed by atoms with Crippen molar-refractivity contribution in [2.24, 2.45) is 5.14 Å². The van der Waals surface area contributed by atoms with Crippen LogP contribution < -0.4 is 10.6 Å². The second kappa shape index (κ2) is 6.65. The van der Waals surface area contributed by atoms with Crippen molar-refractivity contribution < 1.29 is 27.5 Å². The van der Waals surface area contributed by atoms with E-state index in [4.69, 9.17) is 9.88 Å². The van der Waals surface area contributed by atoms with E-state index in [-0.39, 0.29) is 29.0 Å². The summed E-state index contributed by atoms with van der Waals surface area (Å²) in [5.41, 5.74) is 2.96. The summed E-state index contributed by atoms with van der Waals surface area (Å²) in [6.45, 7) is 4.66. The third-order valence-corrected chi connectivity index (χ3v) is 4.59. The first-order valence-corrected chi connectivity index (χ1v) is 8.79. The molecule has 0 saturated heterocycles. The number of nitrogens with one attached hydrogen (secondary N) is 1. The van der Waals surface area contributed by atoms with Crippen molar-refractivity contribution in [3.05, 3.63) is 34.9 Å². The summed E-state index contributed by atoms with van der Waals surface area (Å²) in [5.74, 6) is -1.94. The lowest BCUT2D eigenvalue weighted by Crippen LogP contribution is -2.37. The van der Waals surface area contributed by atoms with Crippen LogP contribution in [0.4, 0.5) is 5.69 Å². The highest BCUT2D eigenvalue weighted by Crippen LogP contribution is 2.24. The summed E-state index contributed by atoms with van der Waals surface area (Å²) < 4.78 is 28.3. The molecule has 0 aromatic heterocycles. The van der Waals surface area contributed by atoms with Gasteiger partial charge in [-0.05, 0) is 39.0 Å². The molecule has 2 amide bonds. The molecule has 0 atom stereocenters. The van der Waals surface area contributed by atoms with Gasteiger partial charge in [0, 0.05) is 11.1 Å². The van der Waals surface area contributed by atoms with Gasteiger partial charge in [-0.1, -0.05) is 0 Å². The zero-order valence-electron chi connectivity index (χ0n) is 13.8. The minimum Gasteiger partial charge on any atom is -0.462 e. The Hall–Kier alpha value is -2.72. The molecule has 0 aliphatic carbocycles. The van der Waals surface area contributed by atoms with Gasteiger partial charge in [0.2, 0.25) is 10.0 Å². The predicted molar refractivity (Wildman–Crippen MR) is 87.6 cm³/mol. The summed E-state index contributed by atoms with van der Waals surface area (Å²) >= 11 is 0. The number of primary sulfonamides is 1. The number of nitrogens with zero attached hydrogens (tertiary/aromatic N) is 1. The summed E-state index contributed by atoms with van der Waals surface area (Å²) in [6.07, 6.45) is 0. The molecular formula is C15H17N3O6S. The van der Waals surface area contributed by atoms with Crippen molar-refractivity contribution >= 4 is 33.5 Å². The maximum absolute atomic E-state index is 12.0. The molecule has 0 fully saturated rings. The van der Waals surface area contributed by atoms with Crippen molar-refractivity contribution in [3.8, 4) is 0 Å². The number of sulfonamides is 1. The van der Waals surface area contributed by atoms with Gasteiger partial charge in [0.05, 0.1) is 22.8 Å².